The van der Waals surface area contributed by atoms with Crippen LogP contribution in [0.2, 0.25) is 0 Å². The van der Waals surface area contributed by atoms with Crippen LogP contribution in [-0.2, 0) is 7.05 Å². The molecule has 0 unspecified atom stereocenters. The number of aromatic nitrogens is 4. The molecule has 1 saturated heterocycles. The van der Waals surface area contributed by atoms with E-state index >= 15 is 0 Å². The second-order valence-electron chi connectivity index (χ2n) is 5.33. The molecule has 1 N–H and O–H groups in total. The molecule has 0 aliphatic carbocycles. The summed E-state index contributed by atoms with van der Waals surface area (Å²) in [5.41, 5.74) is 0.548. The summed E-state index contributed by atoms with van der Waals surface area (Å²) in [4.78, 5) is 21.6. The van der Waals surface area contributed by atoms with Gasteiger partial charge in [-0.1, -0.05) is 0 Å². The molecule has 22 heavy (non-hydrogen) atoms. The Morgan fingerprint density at radius 3 is 2.77 bits per heavy atom. The Hall–Kier alpha value is -2.51. The van der Waals surface area contributed by atoms with E-state index in [-0.39, 0.29) is 11.9 Å². The first-order valence-electron chi connectivity index (χ1n) is 7.13. The predicted molar refractivity (Wildman–Crippen MR) is 77.9 cm³/mol. The van der Waals surface area contributed by atoms with Crippen LogP contribution in [0.5, 0.6) is 0 Å². The number of nitrogens with zero attached hydrogens (tertiary/aromatic N) is 5. The van der Waals surface area contributed by atoms with Crippen molar-refractivity contribution in [3.63, 3.8) is 0 Å². The lowest BCUT2D eigenvalue weighted by molar-refractivity contribution is 0.0931. The highest BCUT2D eigenvalue weighted by atomic mass is 19.1. The molecule has 8 heteroatoms. The molecule has 7 nitrogen and oxygen atoms in total. The normalized spacial score (nSPS) is 15.8. The molecule has 0 aromatic carbocycles. The lowest BCUT2D eigenvalue weighted by Crippen LogP contribution is -2.45. The van der Waals surface area contributed by atoms with Gasteiger partial charge < -0.3 is 10.2 Å². The topological polar surface area (TPSA) is 75.9 Å². The Morgan fingerprint density at radius 2 is 2.14 bits per heavy atom. The molecule has 2 aromatic heterocycles. The SMILES string of the molecule is Cn1cc(C(=O)NC2CCN(c3ncncc3F)CC2)cn1. The molecule has 2 aromatic rings. The summed E-state index contributed by atoms with van der Waals surface area (Å²) in [6.07, 6.45) is 7.22. The largest absolute Gasteiger partial charge is 0.354 e. The van der Waals surface area contributed by atoms with Gasteiger partial charge in [0.05, 0.1) is 18.0 Å². The van der Waals surface area contributed by atoms with Crippen LogP contribution < -0.4 is 10.2 Å². The van der Waals surface area contributed by atoms with E-state index < -0.39 is 5.82 Å². The third-order valence-electron chi connectivity index (χ3n) is 3.74. The van der Waals surface area contributed by atoms with Crippen LogP contribution in [0.1, 0.15) is 23.2 Å². The number of halogens is 1. The molecule has 0 radical (unpaired) electrons. The Bertz CT molecular complexity index is 665. The molecule has 0 saturated carbocycles. The van der Waals surface area contributed by atoms with E-state index in [2.05, 4.69) is 20.4 Å². The van der Waals surface area contributed by atoms with Gasteiger partial charge in [0.2, 0.25) is 0 Å². The van der Waals surface area contributed by atoms with Gasteiger partial charge in [-0.15, -0.1) is 0 Å². The van der Waals surface area contributed by atoms with Crippen molar-refractivity contribution in [2.75, 3.05) is 18.0 Å². The fourth-order valence-electron chi connectivity index (χ4n) is 2.58. The van der Waals surface area contributed by atoms with E-state index in [1.54, 1.807) is 24.1 Å². The average Bonchev–Trinajstić information content (AvgIpc) is 2.95. The Morgan fingerprint density at radius 1 is 1.36 bits per heavy atom. The highest BCUT2D eigenvalue weighted by Gasteiger charge is 2.23. The average molecular weight is 304 g/mol. The van der Waals surface area contributed by atoms with Crippen LogP contribution in [0.15, 0.2) is 24.9 Å². The summed E-state index contributed by atoms with van der Waals surface area (Å²) in [6.45, 7) is 1.29. The molecule has 116 valence electrons. The molecule has 0 atom stereocenters. The van der Waals surface area contributed by atoms with Crippen molar-refractivity contribution in [3.8, 4) is 0 Å². The monoisotopic (exact) mass is 304 g/mol. The van der Waals surface area contributed by atoms with Crippen molar-refractivity contribution < 1.29 is 9.18 Å². The zero-order valence-corrected chi connectivity index (χ0v) is 12.2. The molecule has 0 bridgehead atoms. The third kappa shape index (κ3) is 3.05. The van der Waals surface area contributed by atoms with Gasteiger partial charge in [0.1, 0.15) is 6.33 Å². The van der Waals surface area contributed by atoms with Gasteiger partial charge in [-0.3, -0.25) is 9.48 Å². The van der Waals surface area contributed by atoms with Crippen molar-refractivity contribution in [3.05, 3.63) is 36.3 Å². The van der Waals surface area contributed by atoms with Crippen LogP contribution in [-0.4, -0.2) is 44.8 Å². The van der Waals surface area contributed by atoms with Gasteiger partial charge >= 0.3 is 0 Å². The standard InChI is InChI=1S/C14H17FN6O/c1-20-8-10(6-18-20)14(22)19-11-2-4-21(5-3-11)13-12(15)7-16-9-17-13/h6-9,11H,2-5H2,1H3,(H,19,22). The van der Waals surface area contributed by atoms with Crippen molar-refractivity contribution >= 4 is 11.7 Å². The number of aryl methyl sites for hydroxylation is 1. The minimum absolute atomic E-state index is 0.0776. The number of amides is 1. The number of anilines is 1. The van der Waals surface area contributed by atoms with Gasteiger partial charge in [0, 0.05) is 32.4 Å². The van der Waals surface area contributed by atoms with E-state index in [4.69, 9.17) is 0 Å². The van der Waals surface area contributed by atoms with E-state index in [9.17, 15) is 9.18 Å². The fraction of sp³-hybridized carbons (Fsp3) is 0.429. The van der Waals surface area contributed by atoms with E-state index in [1.807, 2.05) is 4.90 Å². The lowest BCUT2D eigenvalue weighted by atomic mass is 10.0. The summed E-state index contributed by atoms with van der Waals surface area (Å²) < 4.78 is 15.3. The van der Waals surface area contributed by atoms with Gasteiger partial charge in [-0.05, 0) is 12.8 Å². The first kappa shape index (κ1) is 14.4. The van der Waals surface area contributed by atoms with E-state index in [1.165, 1.54) is 12.5 Å². The van der Waals surface area contributed by atoms with Crippen LogP contribution in [0, 0.1) is 5.82 Å². The van der Waals surface area contributed by atoms with Gasteiger partial charge in [-0.2, -0.15) is 5.10 Å². The van der Waals surface area contributed by atoms with Gasteiger partial charge in [0.15, 0.2) is 11.6 Å². The molecule has 3 rings (SSSR count). The smallest absolute Gasteiger partial charge is 0.254 e. The van der Waals surface area contributed by atoms with Gasteiger partial charge in [0.25, 0.3) is 5.91 Å². The number of piperidine rings is 1. The van der Waals surface area contributed by atoms with Gasteiger partial charge in [-0.25, -0.2) is 14.4 Å². The lowest BCUT2D eigenvalue weighted by Gasteiger charge is -2.33. The quantitative estimate of drug-likeness (QED) is 0.905. The van der Waals surface area contributed by atoms with Crippen LogP contribution >= 0.6 is 0 Å². The molecule has 1 amide bonds. The van der Waals surface area contributed by atoms with Crippen LogP contribution in [0.3, 0.4) is 0 Å². The van der Waals surface area contributed by atoms with E-state index in [0.29, 0.717) is 24.5 Å². The summed E-state index contributed by atoms with van der Waals surface area (Å²) in [6, 6.07) is 0.0776. The highest BCUT2D eigenvalue weighted by Crippen LogP contribution is 2.20. The molecular weight excluding hydrogens is 287 g/mol. The number of rotatable bonds is 3. The molecule has 1 fully saturated rings. The Kier molecular flexibility index (Phi) is 3.99. The number of hydrogen-bond donors (Lipinski definition) is 1. The molecule has 0 spiro atoms. The Labute approximate surface area is 127 Å². The van der Waals surface area contributed by atoms with E-state index in [0.717, 1.165) is 12.8 Å². The number of carbonyl (C=O) groups excluding carboxylic acids is 1. The van der Waals surface area contributed by atoms with Crippen LogP contribution in [0.4, 0.5) is 10.2 Å². The summed E-state index contributed by atoms with van der Waals surface area (Å²) in [7, 11) is 1.77. The minimum Gasteiger partial charge on any atom is -0.354 e. The van der Waals surface area contributed by atoms with Crippen molar-refractivity contribution in [2.24, 2.45) is 7.05 Å². The van der Waals surface area contributed by atoms with Crippen molar-refractivity contribution in [1.29, 1.82) is 0 Å². The zero-order valence-electron chi connectivity index (χ0n) is 12.2. The second kappa shape index (κ2) is 6.08. The summed E-state index contributed by atoms with van der Waals surface area (Å²) in [5.74, 6) is -0.216. The molecule has 1 aliphatic rings. The number of nitrogens with one attached hydrogen (secondary N) is 1. The number of hydrogen-bond acceptors (Lipinski definition) is 5. The Balaban J connectivity index is 1.56. The third-order valence-corrected chi connectivity index (χ3v) is 3.74. The maximum Gasteiger partial charge on any atom is 0.254 e. The van der Waals surface area contributed by atoms with Crippen molar-refractivity contribution in [2.45, 2.75) is 18.9 Å². The molecule has 1 aliphatic heterocycles. The summed E-state index contributed by atoms with van der Waals surface area (Å²) in [5, 5.41) is 6.97. The highest BCUT2D eigenvalue weighted by molar-refractivity contribution is 5.93. The number of carbonyl (C=O) groups is 1. The zero-order chi connectivity index (χ0) is 15.5. The summed E-state index contributed by atoms with van der Waals surface area (Å²) >= 11 is 0. The van der Waals surface area contributed by atoms with Crippen LogP contribution in [0.25, 0.3) is 0 Å². The molecular formula is C14H17FN6O. The minimum atomic E-state index is -0.416. The molecule has 3 heterocycles. The maximum atomic E-state index is 13.7. The second-order valence-corrected chi connectivity index (χ2v) is 5.33. The first-order chi connectivity index (χ1) is 10.6. The first-order valence-corrected chi connectivity index (χ1v) is 7.13. The van der Waals surface area contributed by atoms with Crippen molar-refractivity contribution in [1.82, 2.24) is 25.1 Å². The predicted octanol–water partition coefficient (Wildman–Crippen LogP) is 0.748. The maximum absolute atomic E-state index is 13.7. The fourth-order valence-corrected chi connectivity index (χ4v) is 2.58.